The van der Waals surface area contributed by atoms with Crippen LogP contribution in [-0.4, -0.2) is 24.2 Å². The van der Waals surface area contributed by atoms with Crippen molar-refractivity contribution in [3.8, 4) is 17.2 Å². The summed E-state index contributed by atoms with van der Waals surface area (Å²) in [7, 11) is 0. The second-order valence-electron chi connectivity index (χ2n) is 7.83. The van der Waals surface area contributed by atoms with Crippen molar-refractivity contribution in [2.75, 3.05) is 13.2 Å². The molecular formula is C26H27Cl2NO4. The van der Waals surface area contributed by atoms with Gasteiger partial charge in [0, 0.05) is 17.4 Å². The molecule has 0 N–H and O–H groups in total. The van der Waals surface area contributed by atoms with E-state index in [1.54, 1.807) is 19.1 Å². The maximum Gasteiger partial charge on any atom is 0.344 e. The van der Waals surface area contributed by atoms with Gasteiger partial charge in [-0.1, -0.05) is 55.3 Å². The predicted molar refractivity (Wildman–Crippen MR) is 132 cm³/mol. The summed E-state index contributed by atoms with van der Waals surface area (Å²) in [4.78, 5) is 16.2. The van der Waals surface area contributed by atoms with Crippen LogP contribution in [-0.2, 0) is 16.0 Å². The molecule has 1 heterocycles. The Balaban J connectivity index is 1.72. The van der Waals surface area contributed by atoms with Gasteiger partial charge in [-0.05, 0) is 55.3 Å². The van der Waals surface area contributed by atoms with Crippen molar-refractivity contribution in [1.29, 1.82) is 0 Å². The van der Waals surface area contributed by atoms with Gasteiger partial charge in [-0.2, -0.15) is 0 Å². The van der Waals surface area contributed by atoms with E-state index < -0.39 is 0 Å². The van der Waals surface area contributed by atoms with Gasteiger partial charge in [-0.25, -0.2) is 9.78 Å². The third kappa shape index (κ3) is 6.62. The second-order valence-corrected chi connectivity index (χ2v) is 8.68. The Labute approximate surface area is 204 Å². The number of halogens is 2. The second kappa shape index (κ2) is 11.4. The van der Waals surface area contributed by atoms with Gasteiger partial charge < -0.3 is 13.9 Å². The summed E-state index contributed by atoms with van der Waals surface area (Å²) in [6.07, 6.45) is 4.68. The zero-order valence-electron chi connectivity index (χ0n) is 19.2. The summed E-state index contributed by atoms with van der Waals surface area (Å²) < 4.78 is 16.5. The molecule has 0 radical (unpaired) electrons. The third-order valence-corrected chi connectivity index (χ3v) is 5.43. The Hall–Kier alpha value is -2.76. The van der Waals surface area contributed by atoms with E-state index in [-0.39, 0.29) is 18.5 Å². The SMILES string of the molecule is CCOC(=O)COc1ccc(C=CCc2nc(-c3ccc(Cl)cc3Cl)oc2C(C)C)cc1C. The number of aryl methyl sites for hydroxylation is 1. The summed E-state index contributed by atoms with van der Waals surface area (Å²) in [6.45, 7) is 8.07. The fourth-order valence-corrected chi connectivity index (χ4v) is 3.81. The lowest BCUT2D eigenvalue weighted by Crippen LogP contribution is -2.14. The number of aromatic nitrogens is 1. The van der Waals surface area contributed by atoms with Crippen LogP contribution in [0.15, 0.2) is 46.9 Å². The molecule has 7 heteroatoms. The van der Waals surface area contributed by atoms with E-state index in [1.807, 2.05) is 43.3 Å². The standard InChI is InChI=1S/C26H27Cl2NO4/c1-5-31-24(30)15-32-23-12-9-18(13-17(23)4)7-6-8-22-25(16(2)3)33-26(29-22)20-11-10-19(27)14-21(20)28/h6-7,9-14,16H,5,8,15H2,1-4H3. The van der Waals surface area contributed by atoms with E-state index in [2.05, 4.69) is 13.8 Å². The maximum atomic E-state index is 11.5. The first-order valence-corrected chi connectivity index (χ1v) is 11.5. The Kier molecular flexibility index (Phi) is 8.59. The van der Waals surface area contributed by atoms with Crippen LogP contribution in [0.5, 0.6) is 5.75 Å². The van der Waals surface area contributed by atoms with E-state index in [9.17, 15) is 4.79 Å². The molecule has 0 spiro atoms. The van der Waals surface area contributed by atoms with Crippen LogP contribution in [0.4, 0.5) is 0 Å². The van der Waals surface area contributed by atoms with Crippen molar-refractivity contribution in [3.63, 3.8) is 0 Å². The van der Waals surface area contributed by atoms with E-state index in [1.165, 1.54) is 0 Å². The van der Waals surface area contributed by atoms with Crippen LogP contribution in [0.3, 0.4) is 0 Å². The van der Waals surface area contributed by atoms with Crippen molar-refractivity contribution in [2.45, 2.75) is 40.0 Å². The molecule has 0 saturated carbocycles. The first kappa shape index (κ1) is 24.9. The fraction of sp³-hybridized carbons (Fsp3) is 0.308. The van der Waals surface area contributed by atoms with Crippen molar-refractivity contribution < 1.29 is 18.7 Å². The van der Waals surface area contributed by atoms with Crippen LogP contribution in [0.2, 0.25) is 10.0 Å². The lowest BCUT2D eigenvalue weighted by atomic mass is 10.1. The van der Waals surface area contributed by atoms with Gasteiger partial charge in [0.25, 0.3) is 0 Å². The largest absolute Gasteiger partial charge is 0.482 e. The van der Waals surface area contributed by atoms with Crippen molar-refractivity contribution in [1.82, 2.24) is 4.98 Å². The molecular weight excluding hydrogens is 461 g/mol. The number of hydrogen-bond donors (Lipinski definition) is 0. The highest BCUT2D eigenvalue weighted by Crippen LogP contribution is 2.33. The molecule has 0 fully saturated rings. The number of carbonyl (C=O) groups is 1. The van der Waals surface area contributed by atoms with E-state index in [0.29, 0.717) is 40.3 Å². The van der Waals surface area contributed by atoms with Crippen molar-refractivity contribution in [2.24, 2.45) is 0 Å². The van der Waals surface area contributed by atoms with Crippen LogP contribution in [0, 0.1) is 6.92 Å². The summed E-state index contributed by atoms with van der Waals surface area (Å²) in [5.74, 6) is 1.78. The minimum atomic E-state index is -0.381. The van der Waals surface area contributed by atoms with Crippen LogP contribution in [0.25, 0.3) is 17.5 Å². The van der Waals surface area contributed by atoms with Gasteiger partial charge in [0.05, 0.1) is 22.9 Å². The number of allylic oxidation sites excluding steroid dienone is 1. The molecule has 3 rings (SSSR count). The normalized spacial score (nSPS) is 11.4. The smallest absolute Gasteiger partial charge is 0.344 e. The number of benzene rings is 2. The van der Waals surface area contributed by atoms with Crippen LogP contribution < -0.4 is 4.74 Å². The highest BCUT2D eigenvalue weighted by Gasteiger charge is 2.18. The molecule has 0 amide bonds. The maximum absolute atomic E-state index is 11.5. The van der Waals surface area contributed by atoms with Gasteiger partial charge in [0.2, 0.25) is 5.89 Å². The Morgan fingerprint density at radius 3 is 2.64 bits per heavy atom. The number of nitrogens with zero attached hydrogens (tertiary/aromatic N) is 1. The van der Waals surface area contributed by atoms with Crippen LogP contribution >= 0.6 is 23.2 Å². The zero-order chi connectivity index (χ0) is 24.0. The van der Waals surface area contributed by atoms with E-state index in [0.717, 1.165) is 22.6 Å². The summed E-state index contributed by atoms with van der Waals surface area (Å²) >= 11 is 12.3. The number of hydrogen-bond acceptors (Lipinski definition) is 5. The molecule has 0 saturated heterocycles. The molecule has 0 aliphatic rings. The third-order valence-electron chi connectivity index (χ3n) is 4.88. The molecule has 1 aromatic heterocycles. The molecule has 174 valence electrons. The monoisotopic (exact) mass is 487 g/mol. The van der Waals surface area contributed by atoms with Gasteiger partial charge in [0.1, 0.15) is 11.5 Å². The molecule has 0 unspecified atom stereocenters. The van der Waals surface area contributed by atoms with E-state index >= 15 is 0 Å². The minimum absolute atomic E-state index is 0.103. The number of esters is 1. The van der Waals surface area contributed by atoms with Crippen LogP contribution in [0.1, 0.15) is 49.3 Å². The Bertz CT molecular complexity index is 1150. The average molecular weight is 488 g/mol. The zero-order valence-corrected chi connectivity index (χ0v) is 20.7. The van der Waals surface area contributed by atoms with Gasteiger partial charge in [0.15, 0.2) is 6.61 Å². The summed E-state index contributed by atoms with van der Waals surface area (Å²) in [5, 5.41) is 1.07. The quantitative estimate of drug-likeness (QED) is 0.296. The lowest BCUT2D eigenvalue weighted by molar-refractivity contribution is -0.145. The van der Waals surface area contributed by atoms with Gasteiger partial charge in [-0.15, -0.1) is 0 Å². The molecule has 5 nitrogen and oxygen atoms in total. The van der Waals surface area contributed by atoms with Crippen molar-refractivity contribution >= 4 is 35.2 Å². The molecule has 2 aromatic carbocycles. The summed E-state index contributed by atoms with van der Waals surface area (Å²) in [5.41, 5.74) is 3.54. The van der Waals surface area contributed by atoms with Gasteiger partial charge >= 0.3 is 5.97 Å². The number of carbonyl (C=O) groups excluding carboxylic acids is 1. The highest BCUT2D eigenvalue weighted by molar-refractivity contribution is 6.36. The molecule has 0 atom stereocenters. The summed E-state index contributed by atoms with van der Waals surface area (Å²) in [6, 6.07) is 11.1. The topological polar surface area (TPSA) is 61.6 Å². The molecule has 0 aliphatic heterocycles. The predicted octanol–water partition coefficient (Wildman–Crippen LogP) is 7.28. The number of ether oxygens (including phenoxy) is 2. The molecule has 33 heavy (non-hydrogen) atoms. The van der Waals surface area contributed by atoms with E-state index in [4.69, 9.17) is 42.1 Å². The highest BCUT2D eigenvalue weighted by atomic mass is 35.5. The molecule has 0 aliphatic carbocycles. The average Bonchev–Trinajstić information content (AvgIpc) is 3.17. The molecule has 3 aromatic rings. The minimum Gasteiger partial charge on any atom is -0.482 e. The first-order valence-electron chi connectivity index (χ1n) is 10.8. The first-order chi connectivity index (χ1) is 15.8. The molecule has 0 bridgehead atoms. The lowest BCUT2D eigenvalue weighted by Gasteiger charge is -2.09. The van der Waals surface area contributed by atoms with Gasteiger partial charge in [-0.3, -0.25) is 0 Å². The Morgan fingerprint density at radius 2 is 1.97 bits per heavy atom. The van der Waals surface area contributed by atoms with Crippen molar-refractivity contribution in [3.05, 3.63) is 75.1 Å². The number of oxazole rings is 1. The Morgan fingerprint density at radius 1 is 1.18 bits per heavy atom. The fourth-order valence-electron chi connectivity index (χ4n) is 3.32. The number of rotatable bonds is 9.